The number of phenols is 1. The molecule has 0 amide bonds. The minimum atomic E-state index is 0.121. The molecule has 18 heavy (non-hydrogen) atoms. The Morgan fingerprint density at radius 2 is 2.00 bits per heavy atom. The molecule has 2 rings (SSSR count). The molecule has 0 radical (unpaired) electrons. The lowest BCUT2D eigenvalue weighted by Crippen LogP contribution is -2.19. The van der Waals surface area contributed by atoms with Crippen molar-refractivity contribution in [3.05, 3.63) is 54.4 Å². The molecule has 0 saturated carbocycles. The van der Waals surface area contributed by atoms with E-state index in [-0.39, 0.29) is 11.7 Å². The van der Waals surface area contributed by atoms with Gasteiger partial charge in [-0.25, -0.2) is 0 Å². The molecule has 0 saturated heterocycles. The van der Waals surface area contributed by atoms with Gasteiger partial charge in [-0.15, -0.1) is 0 Å². The van der Waals surface area contributed by atoms with Crippen molar-refractivity contribution < 1.29 is 9.84 Å². The van der Waals surface area contributed by atoms with E-state index in [2.05, 4.69) is 4.98 Å². The lowest BCUT2D eigenvalue weighted by molar-refractivity contribution is 0.289. The van der Waals surface area contributed by atoms with Crippen molar-refractivity contribution in [2.45, 2.75) is 5.92 Å². The Kier molecular flexibility index (Phi) is 4.15. The van der Waals surface area contributed by atoms with Crippen molar-refractivity contribution in [3.63, 3.8) is 0 Å². The molecule has 2 aromatic rings. The second-order valence-electron chi connectivity index (χ2n) is 4.02. The van der Waals surface area contributed by atoms with E-state index < -0.39 is 0 Å². The van der Waals surface area contributed by atoms with Crippen LogP contribution < -0.4 is 10.5 Å². The quantitative estimate of drug-likeness (QED) is 0.843. The van der Waals surface area contributed by atoms with Crippen molar-refractivity contribution >= 4 is 0 Å². The molecule has 1 aromatic carbocycles. The van der Waals surface area contributed by atoms with E-state index in [0.717, 1.165) is 5.56 Å². The number of ether oxygens (including phenoxy) is 1. The summed E-state index contributed by atoms with van der Waals surface area (Å²) < 4.78 is 5.63. The average molecular weight is 244 g/mol. The number of rotatable bonds is 5. The van der Waals surface area contributed by atoms with Crippen molar-refractivity contribution in [3.8, 4) is 11.5 Å². The van der Waals surface area contributed by atoms with Crippen LogP contribution in [0.2, 0.25) is 0 Å². The summed E-state index contributed by atoms with van der Waals surface area (Å²) in [5.74, 6) is 0.957. The highest BCUT2D eigenvalue weighted by atomic mass is 16.5. The third kappa shape index (κ3) is 3.21. The first-order chi connectivity index (χ1) is 8.79. The van der Waals surface area contributed by atoms with Crippen LogP contribution >= 0.6 is 0 Å². The fraction of sp³-hybridized carbons (Fsp3) is 0.214. The summed E-state index contributed by atoms with van der Waals surface area (Å²) in [6.07, 6.45) is 3.48. The van der Waals surface area contributed by atoms with Crippen LogP contribution in [0.4, 0.5) is 0 Å². The maximum absolute atomic E-state index is 9.34. The highest BCUT2D eigenvalue weighted by Gasteiger charge is 2.10. The fourth-order valence-corrected chi connectivity index (χ4v) is 1.71. The van der Waals surface area contributed by atoms with Gasteiger partial charge in [0.1, 0.15) is 11.5 Å². The van der Waals surface area contributed by atoms with Crippen molar-refractivity contribution in [2.24, 2.45) is 5.73 Å². The number of benzene rings is 1. The monoisotopic (exact) mass is 244 g/mol. The average Bonchev–Trinajstić information content (AvgIpc) is 2.41. The molecule has 0 aliphatic heterocycles. The van der Waals surface area contributed by atoms with E-state index in [9.17, 15) is 5.11 Å². The summed E-state index contributed by atoms with van der Waals surface area (Å²) >= 11 is 0. The molecule has 0 fully saturated rings. The molecule has 94 valence electrons. The maximum Gasteiger partial charge on any atom is 0.123 e. The van der Waals surface area contributed by atoms with Crippen LogP contribution in [0.25, 0.3) is 0 Å². The molecular formula is C14H16N2O2. The van der Waals surface area contributed by atoms with Gasteiger partial charge in [-0.2, -0.15) is 0 Å². The third-order valence-electron chi connectivity index (χ3n) is 2.73. The van der Waals surface area contributed by atoms with Gasteiger partial charge in [-0.3, -0.25) is 4.98 Å². The van der Waals surface area contributed by atoms with Gasteiger partial charge >= 0.3 is 0 Å². The normalized spacial score (nSPS) is 12.1. The Labute approximate surface area is 106 Å². The predicted molar refractivity (Wildman–Crippen MR) is 69.6 cm³/mol. The number of phenolic OH excluding ortho intramolecular Hbond substituents is 1. The van der Waals surface area contributed by atoms with Gasteiger partial charge in [-0.1, -0.05) is 6.07 Å². The minimum absolute atomic E-state index is 0.121. The van der Waals surface area contributed by atoms with Gasteiger partial charge < -0.3 is 15.6 Å². The number of hydrogen-bond acceptors (Lipinski definition) is 4. The van der Waals surface area contributed by atoms with Crippen molar-refractivity contribution in [2.75, 3.05) is 13.2 Å². The number of aromatic nitrogens is 1. The van der Waals surface area contributed by atoms with Crippen LogP contribution in [0.15, 0.2) is 48.8 Å². The molecule has 0 aliphatic carbocycles. The molecule has 1 atom stereocenters. The van der Waals surface area contributed by atoms with Gasteiger partial charge in [0.15, 0.2) is 0 Å². The first-order valence-electron chi connectivity index (χ1n) is 5.81. The van der Waals surface area contributed by atoms with Crippen LogP contribution in [0.1, 0.15) is 11.5 Å². The van der Waals surface area contributed by atoms with Gasteiger partial charge in [0.2, 0.25) is 0 Å². The highest BCUT2D eigenvalue weighted by molar-refractivity contribution is 5.31. The Morgan fingerprint density at radius 1 is 1.22 bits per heavy atom. The zero-order valence-corrected chi connectivity index (χ0v) is 9.99. The number of nitrogens with two attached hydrogens (primary N) is 1. The third-order valence-corrected chi connectivity index (χ3v) is 2.73. The number of hydrogen-bond donors (Lipinski definition) is 2. The standard InChI is InChI=1S/C14H16N2O2/c15-9-12(11-4-6-16-7-5-11)10-18-14-3-1-2-13(17)8-14/h1-8,12,17H,9-10,15H2. The van der Waals surface area contributed by atoms with Gasteiger partial charge in [0.05, 0.1) is 6.61 Å². The lowest BCUT2D eigenvalue weighted by atomic mass is 10.0. The molecule has 3 N–H and O–H groups in total. The second kappa shape index (κ2) is 6.02. The molecule has 1 aromatic heterocycles. The predicted octanol–water partition coefficient (Wildman–Crippen LogP) is 1.91. The number of pyridine rings is 1. The lowest BCUT2D eigenvalue weighted by Gasteiger charge is -2.16. The first-order valence-corrected chi connectivity index (χ1v) is 5.81. The SMILES string of the molecule is NCC(COc1cccc(O)c1)c1ccncc1. The summed E-state index contributed by atoms with van der Waals surface area (Å²) in [7, 11) is 0. The highest BCUT2D eigenvalue weighted by Crippen LogP contribution is 2.20. The fourth-order valence-electron chi connectivity index (χ4n) is 1.71. The zero-order chi connectivity index (χ0) is 12.8. The first kappa shape index (κ1) is 12.4. The second-order valence-corrected chi connectivity index (χ2v) is 4.02. The zero-order valence-electron chi connectivity index (χ0n) is 9.99. The van der Waals surface area contributed by atoms with E-state index in [1.807, 2.05) is 12.1 Å². The van der Waals surface area contributed by atoms with Crippen LogP contribution in [0.3, 0.4) is 0 Å². The van der Waals surface area contributed by atoms with Gasteiger partial charge in [-0.05, 0) is 29.8 Å². The van der Waals surface area contributed by atoms with Crippen molar-refractivity contribution in [1.29, 1.82) is 0 Å². The van der Waals surface area contributed by atoms with Crippen molar-refractivity contribution in [1.82, 2.24) is 4.98 Å². The van der Waals surface area contributed by atoms with Gasteiger partial charge in [0, 0.05) is 30.9 Å². The van der Waals surface area contributed by atoms with E-state index in [1.165, 1.54) is 0 Å². The van der Waals surface area contributed by atoms with Crippen LogP contribution in [0, 0.1) is 0 Å². The van der Waals surface area contributed by atoms with Gasteiger partial charge in [0.25, 0.3) is 0 Å². The summed E-state index contributed by atoms with van der Waals surface area (Å²) in [4.78, 5) is 3.98. The van der Waals surface area contributed by atoms with E-state index in [4.69, 9.17) is 10.5 Å². The molecule has 0 spiro atoms. The van der Waals surface area contributed by atoms with E-state index in [0.29, 0.717) is 18.9 Å². The van der Waals surface area contributed by atoms with Crippen LogP contribution in [-0.4, -0.2) is 23.2 Å². The molecule has 0 bridgehead atoms. The number of aromatic hydroxyl groups is 1. The molecule has 4 heteroatoms. The molecule has 0 aliphatic rings. The summed E-state index contributed by atoms with van der Waals surface area (Å²) in [6.45, 7) is 0.979. The summed E-state index contributed by atoms with van der Waals surface area (Å²) in [5.41, 5.74) is 6.85. The molecule has 4 nitrogen and oxygen atoms in total. The largest absolute Gasteiger partial charge is 0.508 e. The summed E-state index contributed by atoms with van der Waals surface area (Å²) in [5, 5.41) is 9.34. The smallest absolute Gasteiger partial charge is 0.123 e. The van der Waals surface area contributed by atoms with Crippen LogP contribution in [-0.2, 0) is 0 Å². The van der Waals surface area contributed by atoms with E-state index >= 15 is 0 Å². The Hall–Kier alpha value is -2.07. The topological polar surface area (TPSA) is 68.4 Å². The maximum atomic E-state index is 9.34. The molecular weight excluding hydrogens is 228 g/mol. The molecule has 1 unspecified atom stereocenters. The van der Waals surface area contributed by atoms with Crippen LogP contribution in [0.5, 0.6) is 11.5 Å². The summed E-state index contributed by atoms with van der Waals surface area (Å²) in [6, 6.07) is 10.6. The molecule has 1 heterocycles. The minimum Gasteiger partial charge on any atom is -0.508 e. The Morgan fingerprint density at radius 3 is 2.67 bits per heavy atom. The Bertz CT molecular complexity index is 488. The Balaban J connectivity index is 2.00. The number of nitrogens with zero attached hydrogens (tertiary/aromatic N) is 1. The van der Waals surface area contributed by atoms with E-state index in [1.54, 1.807) is 36.7 Å².